The Balaban J connectivity index is 2.16. The van der Waals surface area contributed by atoms with Crippen LogP contribution in [0, 0.1) is 0 Å². The van der Waals surface area contributed by atoms with E-state index in [0.717, 1.165) is 30.8 Å². The molecular formula is C13H19NO2. The van der Waals surface area contributed by atoms with Crippen LogP contribution in [-0.4, -0.2) is 19.8 Å². The molecule has 16 heavy (non-hydrogen) atoms. The van der Waals surface area contributed by atoms with E-state index in [2.05, 4.69) is 6.07 Å². The van der Waals surface area contributed by atoms with Crippen molar-refractivity contribution < 1.29 is 9.47 Å². The number of hydrogen-bond donors (Lipinski definition) is 1. The standard InChI is InChI=1S/C13H19NO2/c1-2-15-9-7-13(14)8-10-16-12-6-4-3-5-11(12)13/h3-6H,2,7-10,14H2,1H3. The molecule has 0 saturated carbocycles. The minimum atomic E-state index is -0.288. The number of para-hydroxylation sites is 1. The highest BCUT2D eigenvalue weighted by Gasteiger charge is 2.33. The molecule has 0 spiro atoms. The van der Waals surface area contributed by atoms with Gasteiger partial charge in [0, 0.05) is 25.2 Å². The van der Waals surface area contributed by atoms with E-state index in [9.17, 15) is 0 Å². The molecule has 0 amide bonds. The van der Waals surface area contributed by atoms with Crippen LogP contribution in [0.25, 0.3) is 0 Å². The van der Waals surface area contributed by atoms with Crippen LogP contribution < -0.4 is 10.5 Å². The van der Waals surface area contributed by atoms with Crippen LogP contribution in [-0.2, 0) is 10.3 Å². The third-order valence-corrected chi connectivity index (χ3v) is 3.13. The predicted molar refractivity (Wildman–Crippen MR) is 63.5 cm³/mol. The maximum Gasteiger partial charge on any atom is 0.124 e. The summed E-state index contributed by atoms with van der Waals surface area (Å²) in [6.45, 7) is 4.15. The monoisotopic (exact) mass is 221 g/mol. The lowest BCUT2D eigenvalue weighted by Gasteiger charge is -2.35. The zero-order valence-electron chi connectivity index (χ0n) is 9.74. The normalized spacial score (nSPS) is 23.6. The van der Waals surface area contributed by atoms with E-state index in [1.54, 1.807) is 0 Å². The maximum absolute atomic E-state index is 6.45. The molecule has 3 heteroatoms. The minimum Gasteiger partial charge on any atom is -0.493 e. The number of fused-ring (bicyclic) bond motifs is 1. The second-order valence-electron chi connectivity index (χ2n) is 4.20. The van der Waals surface area contributed by atoms with Crippen LogP contribution in [0.4, 0.5) is 0 Å². The van der Waals surface area contributed by atoms with Crippen LogP contribution >= 0.6 is 0 Å². The highest BCUT2D eigenvalue weighted by molar-refractivity contribution is 5.40. The zero-order valence-corrected chi connectivity index (χ0v) is 9.74. The van der Waals surface area contributed by atoms with E-state index < -0.39 is 0 Å². The van der Waals surface area contributed by atoms with Gasteiger partial charge in [0.1, 0.15) is 5.75 Å². The van der Waals surface area contributed by atoms with Crippen LogP contribution in [0.15, 0.2) is 24.3 Å². The first-order valence-electron chi connectivity index (χ1n) is 5.85. The van der Waals surface area contributed by atoms with Crippen molar-refractivity contribution >= 4 is 0 Å². The Morgan fingerprint density at radius 1 is 1.44 bits per heavy atom. The summed E-state index contributed by atoms with van der Waals surface area (Å²) in [6.07, 6.45) is 1.71. The molecular weight excluding hydrogens is 202 g/mol. The van der Waals surface area contributed by atoms with E-state index in [4.69, 9.17) is 15.2 Å². The maximum atomic E-state index is 6.45. The van der Waals surface area contributed by atoms with Gasteiger partial charge in [0.05, 0.1) is 12.1 Å². The van der Waals surface area contributed by atoms with Crippen LogP contribution in [0.2, 0.25) is 0 Å². The summed E-state index contributed by atoms with van der Waals surface area (Å²) >= 11 is 0. The summed E-state index contributed by atoms with van der Waals surface area (Å²) in [5.41, 5.74) is 7.28. The fraction of sp³-hybridized carbons (Fsp3) is 0.538. The summed E-state index contributed by atoms with van der Waals surface area (Å²) in [7, 11) is 0. The van der Waals surface area contributed by atoms with Crippen LogP contribution in [0.1, 0.15) is 25.3 Å². The second-order valence-corrected chi connectivity index (χ2v) is 4.20. The van der Waals surface area contributed by atoms with Gasteiger partial charge in [-0.3, -0.25) is 0 Å². The summed E-state index contributed by atoms with van der Waals surface area (Å²) in [5.74, 6) is 0.924. The number of benzene rings is 1. The first kappa shape index (κ1) is 11.4. The highest BCUT2D eigenvalue weighted by Crippen LogP contribution is 2.36. The van der Waals surface area contributed by atoms with Crippen molar-refractivity contribution in [1.29, 1.82) is 0 Å². The Hall–Kier alpha value is -1.06. The third-order valence-electron chi connectivity index (χ3n) is 3.13. The smallest absolute Gasteiger partial charge is 0.124 e. The van der Waals surface area contributed by atoms with Gasteiger partial charge in [-0.1, -0.05) is 18.2 Å². The van der Waals surface area contributed by atoms with Gasteiger partial charge in [-0.05, 0) is 19.4 Å². The lowest BCUT2D eigenvalue weighted by Crippen LogP contribution is -2.42. The van der Waals surface area contributed by atoms with Crippen molar-refractivity contribution in [2.24, 2.45) is 5.73 Å². The summed E-state index contributed by atoms with van der Waals surface area (Å²) in [4.78, 5) is 0. The Kier molecular flexibility index (Phi) is 3.46. The molecule has 1 aromatic rings. The topological polar surface area (TPSA) is 44.5 Å². The fourth-order valence-corrected chi connectivity index (χ4v) is 2.14. The van der Waals surface area contributed by atoms with Crippen LogP contribution in [0.3, 0.4) is 0 Å². The zero-order chi connectivity index (χ0) is 11.4. The van der Waals surface area contributed by atoms with Gasteiger partial charge >= 0.3 is 0 Å². The second kappa shape index (κ2) is 4.85. The highest BCUT2D eigenvalue weighted by atomic mass is 16.5. The molecule has 0 aliphatic carbocycles. The third kappa shape index (κ3) is 2.20. The van der Waals surface area contributed by atoms with Crippen molar-refractivity contribution in [3.63, 3.8) is 0 Å². The van der Waals surface area contributed by atoms with E-state index in [1.807, 2.05) is 25.1 Å². The summed E-state index contributed by atoms with van der Waals surface area (Å²) in [5, 5.41) is 0. The molecule has 2 rings (SSSR count). The quantitative estimate of drug-likeness (QED) is 0.791. The van der Waals surface area contributed by atoms with E-state index >= 15 is 0 Å². The average Bonchev–Trinajstić information content (AvgIpc) is 2.30. The lowest BCUT2D eigenvalue weighted by molar-refractivity contribution is 0.110. The van der Waals surface area contributed by atoms with Gasteiger partial charge in [0.25, 0.3) is 0 Å². The number of rotatable bonds is 4. The van der Waals surface area contributed by atoms with Crippen molar-refractivity contribution in [2.45, 2.75) is 25.3 Å². The Morgan fingerprint density at radius 3 is 3.06 bits per heavy atom. The predicted octanol–water partition coefficient (Wildman–Crippen LogP) is 2.05. The average molecular weight is 221 g/mol. The molecule has 1 unspecified atom stereocenters. The van der Waals surface area contributed by atoms with E-state index in [-0.39, 0.29) is 5.54 Å². The molecule has 0 saturated heterocycles. The summed E-state index contributed by atoms with van der Waals surface area (Å²) < 4.78 is 11.0. The number of nitrogens with two attached hydrogens (primary N) is 1. The molecule has 0 radical (unpaired) electrons. The molecule has 0 fully saturated rings. The molecule has 1 atom stereocenters. The van der Waals surface area contributed by atoms with Gasteiger partial charge in [-0.2, -0.15) is 0 Å². The lowest BCUT2D eigenvalue weighted by atomic mass is 9.83. The summed E-state index contributed by atoms with van der Waals surface area (Å²) in [6, 6.07) is 8.03. The first-order valence-corrected chi connectivity index (χ1v) is 5.85. The Morgan fingerprint density at radius 2 is 2.25 bits per heavy atom. The fourth-order valence-electron chi connectivity index (χ4n) is 2.14. The van der Waals surface area contributed by atoms with Crippen molar-refractivity contribution in [1.82, 2.24) is 0 Å². The molecule has 3 nitrogen and oxygen atoms in total. The first-order chi connectivity index (χ1) is 7.76. The van der Waals surface area contributed by atoms with Crippen molar-refractivity contribution in [3.8, 4) is 5.75 Å². The SMILES string of the molecule is CCOCCC1(N)CCOc2ccccc21. The largest absolute Gasteiger partial charge is 0.493 e. The molecule has 0 aromatic heterocycles. The number of ether oxygens (including phenoxy) is 2. The molecule has 1 aliphatic heterocycles. The molecule has 2 N–H and O–H groups in total. The molecule has 1 aromatic carbocycles. The molecule has 1 aliphatic rings. The molecule has 88 valence electrons. The van der Waals surface area contributed by atoms with Crippen LogP contribution in [0.5, 0.6) is 5.75 Å². The van der Waals surface area contributed by atoms with Gasteiger partial charge in [0.15, 0.2) is 0 Å². The van der Waals surface area contributed by atoms with E-state index in [0.29, 0.717) is 13.2 Å². The van der Waals surface area contributed by atoms with Gasteiger partial charge in [-0.15, -0.1) is 0 Å². The van der Waals surface area contributed by atoms with E-state index in [1.165, 1.54) is 0 Å². The molecule has 1 heterocycles. The van der Waals surface area contributed by atoms with Crippen molar-refractivity contribution in [3.05, 3.63) is 29.8 Å². The molecule has 0 bridgehead atoms. The Bertz CT molecular complexity index is 354. The van der Waals surface area contributed by atoms with Gasteiger partial charge in [-0.25, -0.2) is 0 Å². The minimum absolute atomic E-state index is 0.288. The van der Waals surface area contributed by atoms with Gasteiger partial charge < -0.3 is 15.2 Å². The Labute approximate surface area is 96.5 Å². The van der Waals surface area contributed by atoms with Gasteiger partial charge in [0.2, 0.25) is 0 Å². The van der Waals surface area contributed by atoms with Crippen molar-refractivity contribution in [2.75, 3.05) is 19.8 Å². The number of hydrogen-bond acceptors (Lipinski definition) is 3.